The van der Waals surface area contributed by atoms with Crippen LogP contribution in [0, 0.1) is 5.41 Å². The monoisotopic (exact) mass is 416 g/mol. The van der Waals surface area contributed by atoms with E-state index in [1.165, 1.54) is 0 Å². The van der Waals surface area contributed by atoms with Crippen LogP contribution in [0.2, 0.25) is 0 Å². The molecule has 0 saturated carbocycles. The molecule has 8 heteroatoms. The number of alkyl carbamates (subject to hydrolysis) is 1. The zero-order valence-electron chi connectivity index (χ0n) is 18.8. The fourth-order valence-electron chi connectivity index (χ4n) is 2.63. The van der Waals surface area contributed by atoms with E-state index in [1.807, 2.05) is 38.6 Å². The van der Waals surface area contributed by atoms with Crippen molar-refractivity contribution >= 4 is 17.7 Å². The molecule has 0 aliphatic carbocycles. The fraction of sp³-hybridized carbons (Fsp3) is 0.500. The molecule has 0 aliphatic rings. The quantitative estimate of drug-likeness (QED) is 0.745. The Hall–Kier alpha value is -3.03. The Balaban J connectivity index is 1.99. The van der Waals surface area contributed by atoms with E-state index in [0.717, 1.165) is 5.82 Å². The van der Waals surface area contributed by atoms with Gasteiger partial charge in [-0.05, 0) is 50.5 Å². The average Bonchev–Trinajstić information content (AvgIpc) is 3.01. The van der Waals surface area contributed by atoms with Crippen LogP contribution in [0.4, 0.5) is 10.5 Å². The summed E-state index contributed by atoms with van der Waals surface area (Å²) in [5.41, 5.74) is -0.551. The number of benzene rings is 1. The minimum absolute atomic E-state index is 0.324. The molecule has 2 amide bonds. The Labute approximate surface area is 178 Å². The molecule has 1 aromatic carbocycles. The van der Waals surface area contributed by atoms with E-state index in [-0.39, 0.29) is 5.91 Å². The number of rotatable bonds is 6. The number of aryl methyl sites for hydroxylation is 1. The molecular formula is C22H32N4O4. The van der Waals surface area contributed by atoms with Crippen LogP contribution in [-0.4, -0.2) is 33.2 Å². The highest BCUT2D eigenvalue weighted by molar-refractivity contribution is 5.97. The van der Waals surface area contributed by atoms with Crippen molar-refractivity contribution in [3.63, 3.8) is 0 Å². The minimum Gasteiger partial charge on any atom is -0.486 e. The summed E-state index contributed by atoms with van der Waals surface area (Å²) in [6.45, 7) is 11.3. The van der Waals surface area contributed by atoms with Crippen LogP contribution < -0.4 is 15.4 Å². The summed E-state index contributed by atoms with van der Waals surface area (Å²) < 4.78 is 12.9. The Kier molecular flexibility index (Phi) is 7.12. The van der Waals surface area contributed by atoms with Gasteiger partial charge >= 0.3 is 6.09 Å². The van der Waals surface area contributed by atoms with Crippen molar-refractivity contribution in [2.24, 2.45) is 12.5 Å². The number of hydrogen-bond acceptors (Lipinski definition) is 5. The summed E-state index contributed by atoms with van der Waals surface area (Å²) in [5, 5.41) is 5.52. The van der Waals surface area contributed by atoms with Crippen LogP contribution in [-0.2, 0) is 23.2 Å². The van der Waals surface area contributed by atoms with Gasteiger partial charge in [0.15, 0.2) is 0 Å². The lowest BCUT2D eigenvalue weighted by atomic mass is 9.86. The number of nitrogens with zero attached hydrogens (tertiary/aromatic N) is 2. The van der Waals surface area contributed by atoms with Crippen molar-refractivity contribution in [2.75, 3.05) is 5.32 Å². The number of amides is 2. The van der Waals surface area contributed by atoms with Gasteiger partial charge in [0, 0.05) is 25.1 Å². The first-order valence-corrected chi connectivity index (χ1v) is 9.84. The van der Waals surface area contributed by atoms with Crippen LogP contribution >= 0.6 is 0 Å². The second kappa shape index (κ2) is 9.19. The summed E-state index contributed by atoms with van der Waals surface area (Å²) in [6.07, 6.45) is 2.94. The van der Waals surface area contributed by atoms with Gasteiger partial charge in [-0.2, -0.15) is 0 Å². The van der Waals surface area contributed by atoms with Crippen LogP contribution in [0.25, 0.3) is 0 Å². The van der Waals surface area contributed by atoms with Crippen LogP contribution in [0.5, 0.6) is 5.75 Å². The highest BCUT2D eigenvalue weighted by Crippen LogP contribution is 2.23. The fourth-order valence-corrected chi connectivity index (χ4v) is 2.63. The molecule has 2 rings (SSSR count). The molecule has 0 unspecified atom stereocenters. The number of carbonyl (C=O) groups excluding carboxylic acids is 2. The Morgan fingerprint density at radius 1 is 1.10 bits per heavy atom. The van der Waals surface area contributed by atoms with Crippen molar-refractivity contribution in [3.8, 4) is 5.75 Å². The van der Waals surface area contributed by atoms with Crippen molar-refractivity contribution in [2.45, 2.75) is 59.8 Å². The lowest BCUT2D eigenvalue weighted by Crippen LogP contribution is -2.52. The maximum Gasteiger partial charge on any atom is 0.408 e. The van der Waals surface area contributed by atoms with E-state index in [1.54, 1.807) is 51.2 Å². The van der Waals surface area contributed by atoms with Gasteiger partial charge in [0.05, 0.1) is 0 Å². The molecule has 1 aromatic heterocycles. The third kappa shape index (κ3) is 7.09. The highest BCUT2D eigenvalue weighted by Gasteiger charge is 2.34. The zero-order chi connectivity index (χ0) is 22.5. The minimum atomic E-state index is -0.772. The standard InChI is InChI=1S/C22H32N4O4/c1-21(2,3)18(25-20(28)30-22(4,5)6)19(27)24-15-8-10-16(11-9-15)29-14-17-23-12-13-26(17)7/h8-13,18H,14H2,1-7H3,(H,24,27)(H,25,28)/t18-/m1/s1. The van der Waals surface area contributed by atoms with Gasteiger partial charge in [0.1, 0.15) is 29.8 Å². The lowest BCUT2D eigenvalue weighted by molar-refractivity contribution is -0.120. The van der Waals surface area contributed by atoms with Gasteiger partial charge in [-0.15, -0.1) is 0 Å². The van der Waals surface area contributed by atoms with E-state index in [4.69, 9.17) is 9.47 Å². The maximum absolute atomic E-state index is 12.8. The van der Waals surface area contributed by atoms with Crippen molar-refractivity contribution in [1.82, 2.24) is 14.9 Å². The summed E-state index contributed by atoms with van der Waals surface area (Å²) in [6, 6.07) is 6.27. The van der Waals surface area contributed by atoms with E-state index < -0.39 is 23.2 Å². The lowest BCUT2D eigenvalue weighted by Gasteiger charge is -2.31. The van der Waals surface area contributed by atoms with E-state index >= 15 is 0 Å². The first kappa shape index (κ1) is 23.3. The molecule has 0 radical (unpaired) electrons. The first-order chi connectivity index (χ1) is 13.8. The molecule has 0 bridgehead atoms. The topological polar surface area (TPSA) is 94.5 Å². The number of carbonyl (C=O) groups is 2. The molecule has 1 heterocycles. The molecule has 8 nitrogen and oxygen atoms in total. The molecule has 0 aliphatic heterocycles. The largest absolute Gasteiger partial charge is 0.486 e. The second-order valence-corrected chi connectivity index (χ2v) is 9.20. The van der Waals surface area contributed by atoms with Crippen LogP contribution in [0.15, 0.2) is 36.7 Å². The second-order valence-electron chi connectivity index (χ2n) is 9.20. The first-order valence-electron chi connectivity index (χ1n) is 9.84. The molecule has 2 aromatic rings. The van der Waals surface area contributed by atoms with Gasteiger partial charge < -0.3 is 24.7 Å². The summed E-state index contributed by atoms with van der Waals surface area (Å²) in [5.74, 6) is 1.15. The molecule has 0 saturated heterocycles. The third-order valence-electron chi connectivity index (χ3n) is 4.20. The van der Waals surface area contributed by atoms with Crippen molar-refractivity contribution in [1.29, 1.82) is 0 Å². The van der Waals surface area contributed by atoms with Crippen molar-refractivity contribution in [3.05, 3.63) is 42.5 Å². The molecule has 2 N–H and O–H groups in total. The SMILES string of the molecule is Cn1ccnc1COc1ccc(NC(=O)[C@@H](NC(=O)OC(C)(C)C)C(C)(C)C)cc1. The van der Waals surface area contributed by atoms with Crippen LogP contribution in [0.1, 0.15) is 47.4 Å². The third-order valence-corrected chi connectivity index (χ3v) is 4.20. The number of anilines is 1. The zero-order valence-corrected chi connectivity index (χ0v) is 18.8. The molecule has 164 valence electrons. The number of aromatic nitrogens is 2. The van der Waals surface area contributed by atoms with E-state index in [0.29, 0.717) is 18.0 Å². The van der Waals surface area contributed by atoms with Gasteiger partial charge in [-0.1, -0.05) is 20.8 Å². The predicted molar refractivity (Wildman–Crippen MR) is 115 cm³/mol. The Morgan fingerprint density at radius 2 is 1.73 bits per heavy atom. The maximum atomic E-state index is 12.8. The number of imidazole rings is 1. The normalized spacial score (nSPS) is 12.8. The summed E-state index contributed by atoms with van der Waals surface area (Å²) >= 11 is 0. The Morgan fingerprint density at radius 3 is 2.23 bits per heavy atom. The average molecular weight is 417 g/mol. The van der Waals surface area contributed by atoms with Gasteiger partial charge in [-0.3, -0.25) is 4.79 Å². The smallest absolute Gasteiger partial charge is 0.408 e. The van der Waals surface area contributed by atoms with E-state index in [2.05, 4.69) is 15.6 Å². The van der Waals surface area contributed by atoms with Crippen molar-refractivity contribution < 1.29 is 19.1 Å². The number of ether oxygens (including phenoxy) is 2. The summed E-state index contributed by atoms with van der Waals surface area (Å²) in [4.78, 5) is 29.2. The molecule has 30 heavy (non-hydrogen) atoms. The Bertz CT molecular complexity index is 860. The molecule has 0 fully saturated rings. The van der Waals surface area contributed by atoms with Crippen LogP contribution in [0.3, 0.4) is 0 Å². The molecule has 0 spiro atoms. The predicted octanol–water partition coefficient (Wildman–Crippen LogP) is 3.88. The highest BCUT2D eigenvalue weighted by atomic mass is 16.6. The van der Waals surface area contributed by atoms with Gasteiger partial charge in [-0.25, -0.2) is 9.78 Å². The number of nitrogens with one attached hydrogen (secondary N) is 2. The molecule has 1 atom stereocenters. The van der Waals surface area contributed by atoms with E-state index in [9.17, 15) is 9.59 Å². The summed E-state index contributed by atoms with van der Waals surface area (Å²) in [7, 11) is 1.90. The molecular weight excluding hydrogens is 384 g/mol. The number of hydrogen-bond donors (Lipinski definition) is 2. The van der Waals surface area contributed by atoms with Gasteiger partial charge in [0.2, 0.25) is 5.91 Å². The van der Waals surface area contributed by atoms with Gasteiger partial charge in [0.25, 0.3) is 0 Å².